The van der Waals surface area contributed by atoms with Gasteiger partial charge < -0.3 is 5.21 Å². The van der Waals surface area contributed by atoms with E-state index in [0.29, 0.717) is 5.56 Å². The third-order valence-electron chi connectivity index (χ3n) is 1.86. The Morgan fingerprint density at radius 1 is 1.33 bits per heavy atom. The molecule has 0 saturated heterocycles. The van der Waals surface area contributed by atoms with Crippen LogP contribution in [0.3, 0.4) is 0 Å². The first kappa shape index (κ1) is 12.0. The van der Waals surface area contributed by atoms with Crippen LogP contribution in [0.4, 0.5) is 0 Å². The molecule has 1 aromatic carbocycles. The van der Waals surface area contributed by atoms with Gasteiger partial charge in [-0.15, -0.1) is 23.5 Å². The minimum Gasteiger partial charge on any atom is -0.410 e. The Balaban J connectivity index is 3.20. The summed E-state index contributed by atoms with van der Waals surface area (Å²) in [5.41, 5.74) is 0.681. The van der Waals surface area contributed by atoms with Crippen LogP contribution >= 0.6 is 23.5 Å². The number of nitrogens with zero attached hydrogens (tertiary/aromatic N) is 2. The van der Waals surface area contributed by atoms with Gasteiger partial charge in [-0.3, -0.25) is 0 Å². The number of nitriles is 1. The highest BCUT2D eigenvalue weighted by molar-refractivity contribution is 8.01. The van der Waals surface area contributed by atoms with Crippen molar-refractivity contribution in [3.05, 3.63) is 23.8 Å². The molecule has 15 heavy (non-hydrogen) atoms. The van der Waals surface area contributed by atoms with Crippen molar-refractivity contribution in [3.63, 3.8) is 0 Å². The molecule has 0 fully saturated rings. The smallest absolute Gasteiger partial charge is 0.186 e. The van der Waals surface area contributed by atoms with Crippen LogP contribution in [-0.2, 0) is 0 Å². The molecule has 1 N–H and O–H groups in total. The van der Waals surface area contributed by atoms with Crippen molar-refractivity contribution < 1.29 is 5.21 Å². The number of oxime groups is 1. The third kappa shape index (κ3) is 2.67. The van der Waals surface area contributed by atoms with Crippen molar-refractivity contribution in [1.29, 1.82) is 5.26 Å². The van der Waals surface area contributed by atoms with Gasteiger partial charge in [0.25, 0.3) is 0 Å². The van der Waals surface area contributed by atoms with Crippen LogP contribution in [0, 0.1) is 11.3 Å². The Morgan fingerprint density at radius 3 is 2.47 bits per heavy atom. The highest BCUT2D eigenvalue weighted by Crippen LogP contribution is 2.29. The lowest BCUT2D eigenvalue weighted by Gasteiger charge is -2.05. The molecular weight excluding hydrogens is 228 g/mol. The molecule has 0 spiro atoms. The van der Waals surface area contributed by atoms with Crippen LogP contribution < -0.4 is 0 Å². The van der Waals surface area contributed by atoms with Gasteiger partial charge in [0.05, 0.1) is 0 Å². The maximum absolute atomic E-state index is 8.72. The van der Waals surface area contributed by atoms with Gasteiger partial charge >= 0.3 is 0 Å². The van der Waals surface area contributed by atoms with E-state index in [9.17, 15) is 0 Å². The Kier molecular flexibility index (Phi) is 4.53. The van der Waals surface area contributed by atoms with Crippen molar-refractivity contribution in [2.75, 3.05) is 12.5 Å². The molecule has 0 bridgehead atoms. The van der Waals surface area contributed by atoms with Crippen LogP contribution in [-0.4, -0.2) is 23.4 Å². The molecule has 0 aromatic heterocycles. The maximum atomic E-state index is 8.72. The van der Waals surface area contributed by atoms with E-state index in [-0.39, 0.29) is 5.71 Å². The molecule has 0 radical (unpaired) electrons. The van der Waals surface area contributed by atoms with E-state index in [1.165, 1.54) is 0 Å². The fraction of sp³-hybridized carbons (Fsp3) is 0.200. The van der Waals surface area contributed by atoms with Crippen molar-refractivity contribution >= 4 is 29.2 Å². The van der Waals surface area contributed by atoms with E-state index in [1.54, 1.807) is 29.6 Å². The summed E-state index contributed by atoms with van der Waals surface area (Å²) >= 11 is 3.26. The molecule has 3 nitrogen and oxygen atoms in total. The average molecular weight is 238 g/mol. The van der Waals surface area contributed by atoms with Crippen molar-refractivity contribution in [2.45, 2.75) is 9.79 Å². The first-order chi connectivity index (χ1) is 7.26. The lowest BCUT2D eigenvalue weighted by atomic mass is 10.1. The van der Waals surface area contributed by atoms with Gasteiger partial charge in [-0.2, -0.15) is 5.26 Å². The van der Waals surface area contributed by atoms with Gasteiger partial charge in [0.1, 0.15) is 6.07 Å². The van der Waals surface area contributed by atoms with Crippen LogP contribution in [0.2, 0.25) is 0 Å². The predicted molar refractivity (Wildman–Crippen MR) is 63.9 cm³/mol. The zero-order chi connectivity index (χ0) is 11.3. The first-order valence-corrected chi connectivity index (χ1v) is 6.56. The molecule has 0 saturated carbocycles. The fourth-order valence-corrected chi connectivity index (χ4v) is 2.61. The van der Waals surface area contributed by atoms with E-state index in [1.807, 2.05) is 30.7 Å². The highest BCUT2D eigenvalue weighted by Gasteiger charge is 2.07. The van der Waals surface area contributed by atoms with Crippen LogP contribution in [0.15, 0.2) is 33.1 Å². The van der Waals surface area contributed by atoms with E-state index < -0.39 is 0 Å². The highest BCUT2D eigenvalue weighted by atomic mass is 32.2. The molecule has 0 amide bonds. The largest absolute Gasteiger partial charge is 0.410 e. The van der Waals surface area contributed by atoms with Crippen LogP contribution in [0.25, 0.3) is 0 Å². The lowest BCUT2D eigenvalue weighted by Crippen LogP contribution is -1.97. The zero-order valence-electron chi connectivity index (χ0n) is 8.39. The van der Waals surface area contributed by atoms with Gasteiger partial charge in [0.15, 0.2) is 5.71 Å². The van der Waals surface area contributed by atoms with Gasteiger partial charge in [0, 0.05) is 15.4 Å². The van der Waals surface area contributed by atoms with Crippen LogP contribution in [0.5, 0.6) is 0 Å². The summed E-state index contributed by atoms with van der Waals surface area (Å²) in [5, 5.41) is 20.3. The molecule has 0 aliphatic carbocycles. The molecule has 1 rings (SSSR count). The van der Waals surface area contributed by atoms with E-state index in [0.717, 1.165) is 9.79 Å². The third-order valence-corrected chi connectivity index (χ3v) is 3.57. The summed E-state index contributed by atoms with van der Waals surface area (Å²) in [6.07, 6.45) is 3.97. The number of thioether (sulfide) groups is 2. The second kappa shape index (κ2) is 5.69. The predicted octanol–water partition coefficient (Wildman–Crippen LogP) is 2.83. The summed E-state index contributed by atoms with van der Waals surface area (Å²) in [5.74, 6) is 0. The van der Waals surface area contributed by atoms with E-state index in [2.05, 4.69) is 5.16 Å². The van der Waals surface area contributed by atoms with E-state index in [4.69, 9.17) is 10.5 Å². The molecular formula is C10H10N2OS2. The van der Waals surface area contributed by atoms with Gasteiger partial charge in [-0.1, -0.05) is 11.2 Å². The quantitative estimate of drug-likeness (QED) is 0.381. The summed E-state index contributed by atoms with van der Waals surface area (Å²) in [7, 11) is 0. The van der Waals surface area contributed by atoms with Crippen molar-refractivity contribution in [3.8, 4) is 6.07 Å². The molecule has 0 unspecified atom stereocenters. The summed E-state index contributed by atoms with van der Waals surface area (Å²) < 4.78 is 0. The minimum atomic E-state index is 0.0398. The van der Waals surface area contributed by atoms with Gasteiger partial charge in [-0.25, -0.2) is 0 Å². The standard InChI is InChI=1S/C10H10N2OS2/c1-14-9-4-3-7(5-10(9)15-2)8(6-11)12-13/h3-5,13H,1-2H3. The van der Waals surface area contributed by atoms with Crippen molar-refractivity contribution in [1.82, 2.24) is 0 Å². The fourth-order valence-electron chi connectivity index (χ4n) is 1.13. The molecule has 0 aliphatic rings. The second-order valence-corrected chi connectivity index (χ2v) is 4.33. The molecule has 0 aliphatic heterocycles. The summed E-state index contributed by atoms with van der Waals surface area (Å²) in [6.45, 7) is 0. The Hall–Kier alpha value is -1.12. The molecule has 0 atom stereocenters. The van der Waals surface area contributed by atoms with Gasteiger partial charge in [-0.05, 0) is 24.6 Å². The number of hydrogen-bond acceptors (Lipinski definition) is 5. The molecule has 5 heteroatoms. The molecule has 78 valence electrons. The Morgan fingerprint density at radius 2 is 2.00 bits per heavy atom. The second-order valence-electron chi connectivity index (χ2n) is 2.63. The van der Waals surface area contributed by atoms with E-state index >= 15 is 0 Å². The summed E-state index contributed by atoms with van der Waals surface area (Å²) in [4.78, 5) is 2.23. The first-order valence-electron chi connectivity index (χ1n) is 4.11. The van der Waals surface area contributed by atoms with Crippen LogP contribution in [0.1, 0.15) is 5.56 Å². The number of benzene rings is 1. The SMILES string of the molecule is CSc1ccc(C(C#N)=NO)cc1SC. The monoisotopic (exact) mass is 238 g/mol. The molecule has 0 heterocycles. The normalized spacial score (nSPS) is 11.1. The van der Waals surface area contributed by atoms with Crippen molar-refractivity contribution in [2.24, 2.45) is 5.16 Å². The average Bonchev–Trinajstić information content (AvgIpc) is 2.30. The Bertz CT molecular complexity index is 424. The number of rotatable bonds is 3. The molecule has 1 aromatic rings. The summed E-state index contributed by atoms with van der Waals surface area (Å²) in [6, 6.07) is 7.40. The Labute approximate surface area is 97.2 Å². The number of hydrogen-bond donors (Lipinski definition) is 1. The van der Waals surface area contributed by atoms with Gasteiger partial charge in [0.2, 0.25) is 0 Å². The topological polar surface area (TPSA) is 56.4 Å². The maximum Gasteiger partial charge on any atom is 0.186 e. The zero-order valence-corrected chi connectivity index (χ0v) is 10.0. The minimum absolute atomic E-state index is 0.0398. The lowest BCUT2D eigenvalue weighted by molar-refractivity contribution is 0.320.